The predicted molar refractivity (Wildman–Crippen MR) is 97.9 cm³/mol. The molecule has 1 amide bonds. The summed E-state index contributed by atoms with van der Waals surface area (Å²) >= 11 is 0. The van der Waals surface area contributed by atoms with E-state index < -0.39 is 6.10 Å². The van der Waals surface area contributed by atoms with Gasteiger partial charge in [0.2, 0.25) is 6.10 Å². The lowest BCUT2D eigenvalue weighted by Gasteiger charge is -2.26. The van der Waals surface area contributed by atoms with Crippen molar-refractivity contribution in [3.63, 3.8) is 0 Å². The first-order chi connectivity index (χ1) is 12.0. The molecule has 1 aliphatic heterocycles. The molecule has 0 aliphatic carbocycles. The Morgan fingerprint density at radius 3 is 2.44 bits per heavy atom. The first-order valence-electron chi connectivity index (χ1n) is 8.80. The number of carbonyl (C=O) groups excluding carboxylic acids is 1. The third-order valence-electron chi connectivity index (χ3n) is 4.28. The van der Waals surface area contributed by atoms with E-state index in [1.54, 1.807) is 0 Å². The monoisotopic (exact) mass is 339 g/mol. The van der Waals surface area contributed by atoms with E-state index in [0.29, 0.717) is 17.4 Å². The molecule has 132 valence electrons. The summed E-state index contributed by atoms with van der Waals surface area (Å²) in [6, 6.07) is 15.7. The van der Waals surface area contributed by atoms with Crippen molar-refractivity contribution in [3.05, 3.63) is 59.7 Å². The van der Waals surface area contributed by atoms with E-state index in [4.69, 9.17) is 9.47 Å². The van der Waals surface area contributed by atoms with Gasteiger partial charge in [-0.3, -0.25) is 4.79 Å². The fourth-order valence-electron chi connectivity index (χ4n) is 2.95. The van der Waals surface area contributed by atoms with E-state index >= 15 is 0 Å². The number of hydrogen-bond donors (Lipinski definition) is 1. The van der Waals surface area contributed by atoms with Gasteiger partial charge in [0, 0.05) is 0 Å². The SMILES string of the molecule is CC(C)Cc1ccc([C@H](C)NC(=O)[C@@H]2COc3ccccc3O2)cc1. The number of rotatable bonds is 5. The summed E-state index contributed by atoms with van der Waals surface area (Å²) in [4.78, 5) is 12.5. The van der Waals surface area contributed by atoms with Gasteiger partial charge in [0.15, 0.2) is 11.5 Å². The average Bonchev–Trinajstić information content (AvgIpc) is 2.61. The van der Waals surface area contributed by atoms with Crippen LogP contribution in [0.1, 0.15) is 37.9 Å². The Morgan fingerprint density at radius 1 is 1.08 bits per heavy atom. The first-order valence-corrected chi connectivity index (χ1v) is 8.80. The van der Waals surface area contributed by atoms with E-state index in [1.165, 1.54) is 5.56 Å². The smallest absolute Gasteiger partial charge is 0.265 e. The van der Waals surface area contributed by atoms with Gasteiger partial charge >= 0.3 is 0 Å². The maximum absolute atomic E-state index is 12.5. The topological polar surface area (TPSA) is 47.6 Å². The van der Waals surface area contributed by atoms with Crippen LogP contribution in [-0.2, 0) is 11.2 Å². The Labute approximate surface area is 149 Å². The van der Waals surface area contributed by atoms with Crippen LogP contribution in [-0.4, -0.2) is 18.6 Å². The molecule has 0 saturated heterocycles. The molecule has 2 atom stereocenters. The summed E-state index contributed by atoms with van der Waals surface area (Å²) < 4.78 is 11.4. The van der Waals surface area contributed by atoms with Gasteiger partial charge in [-0.1, -0.05) is 50.2 Å². The molecule has 0 bridgehead atoms. The van der Waals surface area contributed by atoms with Crippen LogP contribution >= 0.6 is 0 Å². The van der Waals surface area contributed by atoms with Crippen molar-refractivity contribution in [1.29, 1.82) is 0 Å². The van der Waals surface area contributed by atoms with E-state index in [0.717, 1.165) is 12.0 Å². The summed E-state index contributed by atoms with van der Waals surface area (Å²) in [6.45, 7) is 6.62. The minimum absolute atomic E-state index is 0.0821. The zero-order valence-electron chi connectivity index (χ0n) is 15.0. The fourth-order valence-corrected chi connectivity index (χ4v) is 2.95. The summed E-state index contributed by atoms with van der Waals surface area (Å²) in [6.07, 6.45) is 0.436. The van der Waals surface area contributed by atoms with Crippen molar-refractivity contribution in [3.8, 4) is 11.5 Å². The minimum atomic E-state index is -0.627. The molecule has 1 heterocycles. The number of nitrogens with one attached hydrogen (secondary N) is 1. The lowest BCUT2D eigenvalue weighted by Crippen LogP contribution is -2.44. The van der Waals surface area contributed by atoms with Crippen LogP contribution in [0.3, 0.4) is 0 Å². The zero-order chi connectivity index (χ0) is 17.8. The normalized spacial score (nSPS) is 17.2. The zero-order valence-corrected chi connectivity index (χ0v) is 15.0. The number of ether oxygens (including phenoxy) is 2. The van der Waals surface area contributed by atoms with Gasteiger partial charge < -0.3 is 14.8 Å². The number of para-hydroxylation sites is 2. The van der Waals surface area contributed by atoms with E-state index in [1.807, 2.05) is 31.2 Å². The van der Waals surface area contributed by atoms with Crippen LogP contribution in [0.5, 0.6) is 11.5 Å². The Bertz CT molecular complexity index is 724. The molecule has 25 heavy (non-hydrogen) atoms. The number of fused-ring (bicyclic) bond motifs is 1. The molecule has 1 N–H and O–H groups in total. The lowest BCUT2D eigenvalue weighted by atomic mass is 10.00. The van der Waals surface area contributed by atoms with Crippen LogP contribution in [0, 0.1) is 5.92 Å². The number of amides is 1. The third-order valence-corrected chi connectivity index (χ3v) is 4.28. The van der Waals surface area contributed by atoms with Crippen LogP contribution in [0.2, 0.25) is 0 Å². The first kappa shape index (κ1) is 17.3. The molecular weight excluding hydrogens is 314 g/mol. The summed E-state index contributed by atoms with van der Waals surface area (Å²) in [7, 11) is 0. The molecular formula is C21H25NO3. The summed E-state index contributed by atoms with van der Waals surface area (Å²) in [5, 5.41) is 3.01. The van der Waals surface area contributed by atoms with Gasteiger partial charge in [-0.15, -0.1) is 0 Å². The molecule has 3 rings (SSSR count). The van der Waals surface area contributed by atoms with Gasteiger partial charge in [-0.2, -0.15) is 0 Å². The maximum Gasteiger partial charge on any atom is 0.265 e. The van der Waals surface area contributed by atoms with Crippen molar-refractivity contribution in [2.45, 2.75) is 39.3 Å². The van der Waals surface area contributed by atoms with Gasteiger partial charge in [0.1, 0.15) is 6.61 Å². The second-order valence-electron chi connectivity index (χ2n) is 6.93. The highest BCUT2D eigenvalue weighted by molar-refractivity contribution is 5.82. The second-order valence-corrected chi connectivity index (χ2v) is 6.93. The van der Waals surface area contributed by atoms with Gasteiger partial charge in [-0.05, 0) is 42.5 Å². The average molecular weight is 339 g/mol. The fraction of sp³-hybridized carbons (Fsp3) is 0.381. The summed E-state index contributed by atoms with van der Waals surface area (Å²) in [5.74, 6) is 1.77. The predicted octanol–water partition coefficient (Wildman–Crippen LogP) is 3.90. The van der Waals surface area contributed by atoms with Gasteiger partial charge in [0.25, 0.3) is 5.91 Å². The van der Waals surface area contributed by atoms with Crippen LogP contribution in [0.15, 0.2) is 48.5 Å². The number of benzene rings is 2. The summed E-state index contributed by atoms with van der Waals surface area (Å²) in [5.41, 5.74) is 2.40. The molecule has 0 spiro atoms. The Morgan fingerprint density at radius 2 is 1.76 bits per heavy atom. The molecule has 0 aromatic heterocycles. The molecule has 0 unspecified atom stereocenters. The molecule has 4 heteroatoms. The Hall–Kier alpha value is -2.49. The Kier molecular flexibility index (Phi) is 5.27. The molecule has 1 aliphatic rings. The molecule has 2 aromatic carbocycles. The standard InChI is InChI=1S/C21H25NO3/c1-14(2)12-16-8-10-17(11-9-16)15(3)22-21(23)20-13-24-18-6-4-5-7-19(18)25-20/h4-11,14-15,20H,12-13H2,1-3H3,(H,22,23)/t15-,20-/m0/s1. The van der Waals surface area contributed by atoms with Gasteiger partial charge in [-0.25, -0.2) is 0 Å². The van der Waals surface area contributed by atoms with Crippen LogP contribution in [0.4, 0.5) is 0 Å². The largest absolute Gasteiger partial charge is 0.485 e. The van der Waals surface area contributed by atoms with E-state index in [2.05, 4.69) is 43.4 Å². The maximum atomic E-state index is 12.5. The van der Waals surface area contributed by atoms with Crippen LogP contribution < -0.4 is 14.8 Å². The van der Waals surface area contributed by atoms with Gasteiger partial charge in [0.05, 0.1) is 6.04 Å². The van der Waals surface area contributed by atoms with Crippen molar-refractivity contribution < 1.29 is 14.3 Å². The van der Waals surface area contributed by atoms with Crippen molar-refractivity contribution in [2.75, 3.05) is 6.61 Å². The van der Waals surface area contributed by atoms with E-state index in [-0.39, 0.29) is 18.6 Å². The highest BCUT2D eigenvalue weighted by atomic mass is 16.6. The second kappa shape index (κ2) is 7.60. The molecule has 4 nitrogen and oxygen atoms in total. The van der Waals surface area contributed by atoms with Crippen molar-refractivity contribution >= 4 is 5.91 Å². The number of hydrogen-bond acceptors (Lipinski definition) is 3. The number of carbonyl (C=O) groups is 1. The molecule has 0 fully saturated rings. The van der Waals surface area contributed by atoms with Crippen LogP contribution in [0.25, 0.3) is 0 Å². The van der Waals surface area contributed by atoms with E-state index in [9.17, 15) is 4.79 Å². The minimum Gasteiger partial charge on any atom is -0.485 e. The highest BCUT2D eigenvalue weighted by Crippen LogP contribution is 2.31. The van der Waals surface area contributed by atoms with Crippen molar-refractivity contribution in [2.24, 2.45) is 5.92 Å². The Balaban J connectivity index is 1.59. The quantitative estimate of drug-likeness (QED) is 0.899. The lowest BCUT2D eigenvalue weighted by molar-refractivity contribution is -0.131. The molecule has 0 saturated carbocycles. The molecule has 2 aromatic rings. The molecule has 0 radical (unpaired) electrons. The third kappa shape index (κ3) is 4.32. The highest BCUT2D eigenvalue weighted by Gasteiger charge is 2.28. The van der Waals surface area contributed by atoms with Crippen molar-refractivity contribution in [1.82, 2.24) is 5.32 Å².